The number of hydrogen-bond acceptors (Lipinski definition) is 2. The summed E-state index contributed by atoms with van der Waals surface area (Å²) in [4.78, 5) is 0. The molecular weight excluding hydrogens is 176 g/mol. The van der Waals surface area contributed by atoms with Crippen LogP contribution in [0, 0.1) is 11.3 Å². The maximum atomic E-state index is 5.98. The summed E-state index contributed by atoms with van der Waals surface area (Å²) in [6, 6.07) is 0. The molecule has 0 saturated carbocycles. The summed E-state index contributed by atoms with van der Waals surface area (Å²) in [5.41, 5.74) is 0.151. The van der Waals surface area contributed by atoms with E-state index in [0.717, 1.165) is 19.4 Å². The van der Waals surface area contributed by atoms with Crippen molar-refractivity contribution >= 4 is 0 Å². The molecule has 0 aliphatic carbocycles. The van der Waals surface area contributed by atoms with Gasteiger partial charge in [0, 0.05) is 5.41 Å². The third kappa shape index (κ3) is 2.71. The second kappa shape index (κ2) is 4.63. The summed E-state index contributed by atoms with van der Waals surface area (Å²) >= 11 is 0. The van der Waals surface area contributed by atoms with E-state index in [0.29, 0.717) is 12.0 Å². The van der Waals surface area contributed by atoms with Crippen molar-refractivity contribution in [1.82, 2.24) is 0 Å². The fraction of sp³-hybridized carbons (Fsp3) is 1.00. The minimum Gasteiger partial charge on any atom is -0.352 e. The molecule has 0 aromatic heterocycles. The molecule has 0 aromatic carbocycles. The minimum absolute atomic E-state index is 0.0282. The van der Waals surface area contributed by atoms with Crippen LogP contribution in [0.4, 0.5) is 0 Å². The average molecular weight is 200 g/mol. The van der Waals surface area contributed by atoms with Gasteiger partial charge in [-0.1, -0.05) is 41.0 Å². The number of hydrogen-bond donors (Lipinski definition) is 0. The molecule has 14 heavy (non-hydrogen) atoms. The molecule has 2 heteroatoms. The summed E-state index contributed by atoms with van der Waals surface area (Å²) in [7, 11) is 0. The summed E-state index contributed by atoms with van der Waals surface area (Å²) in [6.45, 7) is 11.9. The molecule has 0 bridgehead atoms. The molecule has 1 heterocycles. The third-order valence-corrected chi connectivity index (χ3v) is 2.84. The van der Waals surface area contributed by atoms with E-state index >= 15 is 0 Å². The molecule has 0 amide bonds. The van der Waals surface area contributed by atoms with Crippen LogP contribution >= 0.6 is 0 Å². The van der Waals surface area contributed by atoms with E-state index in [2.05, 4.69) is 34.6 Å². The van der Waals surface area contributed by atoms with Gasteiger partial charge in [-0.25, -0.2) is 0 Å². The molecule has 0 radical (unpaired) electrons. The van der Waals surface area contributed by atoms with Crippen LogP contribution < -0.4 is 0 Å². The van der Waals surface area contributed by atoms with Crippen molar-refractivity contribution in [2.24, 2.45) is 11.3 Å². The molecule has 1 aliphatic rings. The molecule has 1 fully saturated rings. The first-order valence-corrected chi connectivity index (χ1v) is 5.74. The van der Waals surface area contributed by atoms with Gasteiger partial charge in [0.25, 0.3) is 0 Å². The highest BCUT2D eigenvalue weighted by atomic mass is 16.7. The van der Waals surface area contributed by atoms with Gasteiger partial charge in [0.1, 0.15) is 0 Å². The molecule has 2 atom stereocenters. The Morgan fingerprint density at radius 2 is 2.00 bits per heavy atom. The number of rotatable bonds is 3. The average Bonchev–Trinajstić information content (AvgIpc) is 2.08. The molecule has 2 unspecified atom stereocenters. The highest BCUT2D eigenvalue weighted by Gasteiger charge is 2.39. The first-order chi connectivity index (χ1) is 6.47. The van der Waals surface area contributed by atoms with Gasteiger partial charge >= 0.3 is 0 Å². The molecule has 0 spiro atoms. The normalized spacial score (nSPS) is 32.1. The highest BCUT2D eigenvalue weighted by molar-refractivity contribution is 4.84. The van der Waals surface area contributed by atoms with Crippen molar-refractivity contribution in [3.05, 3.63) is 0 Å². The van der Waals surface area contributed by atoms with Gasteiger partial charge in [0.15, 0.2) is 6.29 Å². The van der Waals surface area contributed by atoms with Crippen molar-refractivity contribution < 1.29 is 9.47 Å². The zero-order chi connectivity index (χ0) is 10.8. The van der Waals surface area contributed by atoms with Gasteiger partial charge < -0.3 is 9.47 Å². The lowest BCUT2D eigenvalue weighted by Crippen LogP contribution is -2.48. The van der Waals surface area contributed by atoms with Gasteiger partial charge in [-0.3, -0.25) is 0 Å². The molecule has 1 rings (SSSR count). The van der Waals surface area contributed by atoms with Crippen LogP contribution in [-0.4, -0.2) is 19.0 Å². The molecule has 1 aliphatic heterocycles. The second-order valence-corrected chi connectivity index (χ2v) is 5.32. The van der Waals surface area contributed by atoms with Gasteiger partial charge in [0.2, 0.25) is 0 Å². The summed E-state index contributed by atoms with van der Waals surface area (Å²) in [5, 5.41) is 0. The Labute approximate surface area is 88.0 Å². The van der Waals surface area contributed by atoms with Crippen LogP contribution in [0.5, 0.6) is 0 Å². The fourth-order valence-electron chi connectivity index (χ4n) is 2.22. The van der Waals surface area contributed by atoms with Crippen molar-refractivity contribution in [3.63, 3.8) is 0 Å². The van der Waals surface area contributed by atoms with E-state index in [4.69, 9.17) is 9.47 Å². The van der Waals surface area contributed by atoms with Crippen molar-refractivity contribution in [1.29, 1.82) is 0 Å². The maximum absolute atomic E-state index is 5.98. The van der Waals surface area contributed by atoms with Crippen LogP contribution in [0.3, 0.4) is 0 Å². The van der Waals surface area contributed by atoms with Gasteiger partial charge in [0.05, 0.1) is 12.7 Å². The Bertz CT molecular complexity index is 175. The van der Waals surface area contributed by atoms with Crippen LogP contribution in [0.2, 0.25) is 0 Å². The predicted molar refractivity (Wildman–Crippen MR) is 58.1 cm³/mol. The predicted octanol–water partition coefficient (Wildman–Crippen LogP) is 3.21. The first-order valence-electron chi connectivity index (χ1n) is 5.74. The monoisotopic (exact) mass is 200 g/mol. The molecule has 0 aromatic rings. The second-order valence-electron chi connectivity index (χ2n) is 5.32. The smallest absolute Gasteiger partial charge is 0.158 e. The van der Waals surface area contributed by atoms with E-state index in [1.807, 2.05) is 0 Å². The Balaban J connectivity index is 2.58. The largest absolute Gasteiger partial charge is 0.352 e. The summed E-state index contributed by atoms with van der Waals surface area (Å²) in [6.07, 6.45) is 2.49. The maximum Gasteiger partial charge on any atom is 0.158 e. The van der Waals surface area contributed by atoms with Gasteiger partial charge in [-0.15, -0.1) is 0 Å². The van der Waals surface area contributed by atoms with E-state index in [1.165, 1.54) is 0 Å². The van der Waals surface area contributed by atoms with E-state index in [9.17, 15) is 0 Å². The van der Waals surface area contributed by atoms with Crippen LogP contribution in [-0.2, 0) is 9.47 Å². The first kappa shape index (κ1) is 12.0. The van der Waals surface area contributed by atoms with Crippen molar-refractivity contribution in [2.45, 2.75) is 59.9 Å². The van der Waals surface area contributed by atoms with Crippen LogP contribution in [0.15, 0.2) is 0 Å². The number of ether oxygens (including phenoxy) is 2. The highest BCUT2D eigenvalue weighted by Crippen LogP contribution is 2.35. The zero-order valence-electron chi connectivity index (χ0n) is 10.2. The molecule has 84 valence electrons. The fourth-order valence-corrected chi connectivity index (χ4v) is 2.22. The van der Waals surface area contributed by atoms with Crippen LogP contribution in [0.25, 0.3) is 0 Å². The van der Waals surface area contributed by atoms with E-state index < -0.39 is 0 Å². The standard InChI is InChI=1S/C12H24O2/c1-6-7-10-13-8-12(4,5)11(14-10)9(2)3/h9-11H,6-8H2,1-5H3. The molecule has 0 N–H and O–H groups in total. The van der Waals surface area contributed by atoms with Crippen LogP contribution in [0.1, 0.15) is 47.5 Å². The van der Waals surface area contributed by atoms with Gasteiger partial charge in [-0.05, 0) is 12.3 Å². The lowest BCUT2D eigenvalue weighted by molar-refractivity contribution is -0.271. The Morgan fingerprint density at radius 1 is 1.36 bits per heavy atom. The van der Waals surface area contributed by atoms with Gasteiger partial charge in [-0.2, -0.15) is 0 Å². The van der Waals surface area contributed by atoms with Crippen molar-refractivity contribution in [2.75, 3.05) is 6.61 Å². The third-order valence-electron chi connectivity index (χ3n) is 2.84. The lowest BCUT2D eigenvalue weighted by atomic mass is 9.80. The van der Waals surface area contributed by atoms with E-state index in [1.54, 1.807) is 0 Å². The minimum atomic E-state index is 0.0282. The van der Waals surface area contributed by atoms with Crippen molar-refractivity contribution in [3.8, 4) is 0 Å². The summed E-state index contributed by atoms with van der Waals surface area (Å²) < 4.78 is 11.7. The lowest BCUT2D eigenvalue weighted by Gasteiger charge is -2.44. The summed E-state index contributed by atoms with van der Waals surface area (Å²) in [5.74, 6) is 0.563. The zero-order valence-corrected chi connectivity index (χ0v) is 10.2. The quantitative estimate of drug-likeness (QED) is 0.696. The Hall–Kier alpha value is -0.0800. The SMILES string of the molecule is CCCC1OCC(C)(C)C(C(C)C)O1. The Kier molecular flexibility index (Phi) is 3.96. The topological polar surface area (TPSA) is 18.5 Å². The molecular formula is C12H24O2. The Morgan fingerprint density at radius 3 is 2.50 bits per heavy atom. The van der Waals surface area contributed by atoms with E-state index in [-0.39, 0.29) is 11.7 Å². The molecule has 1 saturated heterocycles. The molecule has 2 nitrogen and oxygen atoms in total.